The van der Waals surface area contributed by atoms with Crippen molar-refractivity contribution in [2.24, 2.45) is 0 Å². The predicted octanol–water partition coefficient (Wildman–Crippen LogP) is 3.75. The number of fused-ring (bicyclic) bond motifs is 1. The second-order valence-electron chi connectivity index (χ2n) is 6.56. The molecule has 3 heteroatoms. The first-order chi connectivity index (χ1) is 10.5. The lowest BCUT2D eigenvalue weighted by Crippen LogP contribution is -2.24. The summed E-state index contributed by atoms with van der Waals surface area (Å²) in [6, 6.07) is 12.9. The van der Waals surface area contributed by atoms with Crippen LogP contribution in [0.5, 0.6) is 5.75 Å². The Morgan fingerprint density at radius 3 is 2.32 bits per heavy atom. The number of nitrogens with one attached hydrogen (secondary N) is 1. The van der Waals surface area contributed by atoms with E-state index in [-0.39, 0.29) is 5.41 Å². The van der Waals surface area contributed by atoms with Crippen LogP contribution in [0.25, 0.3) is 10.8 Å². The molecule has 0 saturated carbocycles. The molecule has 0 atom stereocenters. The monoisotopic (exact) mass is 301 g/mol. The van der Waals surface area contributed by atoms with E-state index in [4.69, 9.17) is 9.47 Å². The summed E-state index contributed by atoms with van der Waals surface area (Å²) in [7, 11) is 1.71. The zero-order valence-electron chi connectivity index (χ0n) is 14.1. The van der Waals surface area contributed by atoms with Crippen molar-refractivity contribution in [3.8, 4) is 5.75 Å². The average molecular weight is 301 g/mol. The van der Waals surface area contributed by atoms with E-state index in [0.717, 1.165) is 25.4 Å². The van der Waals surface area contributed by atoms with Gasteiger partial charge < -0.3 is 14.8 Å². The molecule has 0 aliphatic carbocycles. The number of hydrogen-bond donors (Lipinski definition) is 1. The topological polar surface area (TPSA) is 30.5 Å². The average Bonchev–Trinajstić information content (AvgIpc) is 2.49. The van der Waals surface area contributed by atoms with Crippen LogP contribution in [-0.4, -0.2) is 33.4 Å². The minimum Gasteiger partial charge on any atom is -0.492 e. The normalized spacial score (nSPS) is 11.8. The minimum absolute atomic E-state index is 0.178. The van der Waals surface area contributed by atoms with Crippen LogP contribution in [0.4, 0.5) is 0 Å². The molecule has 120 valence electrons. The summed E-state index contributed by atoms with van der Waals surface area (Å²) in [6.07, 6.45) is 0. The Hall–Kier alpha value is -1.58. The lowest BCUT2D eigenvalue weighted by Gasteiger charge is -2.19. The molecule has 0 spiro atoms. The zero-order chi connectivity index (χ0) is 16.0. The molecular formula is C19H27NO2. The van der Waals surface area contributed by atoms with Gasteiger partial charge in [0.2, 0.25) is 0 Å². The highest BCUT2D eigenvalue weighted by molar-refractivity contribution is 5.84. The molecule has 0 fully saturated rings. The standard InChI is InChI=1S/C19H27NO2/c1-19(2,3)17-7-5-16-14-18(8-6-15(16)13-17)22-12-10-20-9-11-21-4/h5-8,13-14,20H,9-12H2,1-4H3. The van der Waals surface area contributed by atoms with Crippen LogP contribution in [0.15, 0.2) is 36.4 Å². The van der Waals surface area contributed by atoms with Crippen molar-refractivity contribution in [2.45, 2.75) is 26.2 Å². The number of benzene rings is 2. The highest BCUT2D eigenvalue weighted by Gasteiger charge is 2.13. The van der Waals surface area contributed by atoms with E-state index < -0.39 is 0 Å². The van der Waals surface area contributed by atoms with Crippen LogP contribution < -0.4 is 10.1 Å². The summed E-state index contributed by atoms with van der Waals surface area (Å²) >= 11 is 0. The second kappa shape index (κ2) is 7.61. The van der Waals surface area contributed by atoms with Gasteiger partial charge >= 0.3 is 0 Å². The summed E-state index contributed by atoms with van der Waals surface area (Å²) in [4.78, 5) is 0. The van der Waals surface area contributed by atoms with Crippen molar-refractivity contribution < 1.29 is 9.47 Å². The SMILES string of the molecule is COCCNCCOc1ccc2cc(C(C)(C)C)ccc2c1. The smallest absolute Gasteiger partial charge is 0.120 e. The first-order valence-electron chi connectivity index (χ1n) is 7.87. The predicted molar refractivity (Wildman–Crippen MR) is 92.9 cm³/mol. The summed E-state index contributed by atoms with van der Waals surface area (Å²) < 4.78 is 10.8. The Bertz CT molecular complexity index is 602. The maximum atomic E-state index is 5.79. The summed E-state index contributed by atoms with van der Waals surface area (Å²) in [6.45, 7) is 9.78. The van der Waals surface area contributed by atoms with E-state index in [1.807, 2.05) is 6.07 Å². The third-order valence-electron chi connectivity index (χ3n) is 3.71. The van der Waals surface area contributed by atoms with Gasteiger partial charge in [0.15, 0.2) is 0 Å². The second-order valence-corrected chi connectivity index (χ2v) is 6.56. The van der Waals surface area contributed by atoms with E-state index in [0.29, 0.717) is 6.61 Å². The van der Waals surface area contributed by atoms with Crippen LogP contribution >= 0.6 is 0 Å². The fourth-order valence-electron chi connectivity index (χ4n) is 2.32. The van der Waals surface area contributed by atoms with Crippen molar-refractivity contribution in [1.82, 2.24) is 5.32 Å². The highest BCUT2D eigenvalue weighted by atomic mass is 16.5. The van der Waals surface area contributed by atoms with Crippen molar-refractivity contribution >= 4 is 10.8 Å². The van der Waals surface area contributed by atoms with Gasteiger partial charge in [0.1, 0.15) is 12.4 Å². The van der Waals surface area contributed by atoms with Gasteiger partial charge in [-0.1, -0.05) is 45.0 Å². The summed E-state index contributed by atoms with van der Waals surface area (Å²) in [5.41, 5.74) is 1.54. The highest BCUT2D eigenvalue weighted by Crippen LogP contribution is 2.28. The van der Waals surface area contributed by atoms with E-state index in [2.05, 4.69) is 56.4 Å². The quantitative estimate of drug-likeness (QED) is 0.790. The molecule has 1 N–H and O–H groups in total. The van der Waals surface area contributed by atoms with Crippen LogP contribution in [0, 0.1) is 0 Å². The van der Waals surface area contributed by atoms with Crippen molar-refractivity contribution in [1.29, 1.82) is 0 Å². The molecule has 0 aromatic heterocycles. The molecule has 2 rings (SSSR count). The Morgan fingerprint density at radius 1 is 0.909 bits per heavy atom. The van der Waals surface area contributed by atoms with Crippen molar-refractivity contribution in [2.75, 3.05) is 33.4 Å². The molecule has 0 amide bonds. The molecule has 0 heterocycles. The molecular weight excluding hydrogens is 274 g/mol. The molecule has 3 nitrogen and oxygen atoms in total. The Kier molecular flexibility index (Phi) is 5.81. The van der Waals surface area contributed by atoms with Crippen molar-refractivity contribution in [3.63, 3.8) is 0 Å². The van der Waals surface area contributed by atoms with Crippen LogP contribution in [0.1, 0.15) is 26.3 Å². The van der Waals surface area contributed by atoms with Crippen LogP contribution in [0.3, 0.4) is 0 Å². The third kappa shape index (κ3) is 4.72. The summed E-state index contributed by atoms with van der Waals surface area (Å²) in [5.74, 6) is 0.921. The molecule has 2 aromatic rings. The van der Waals surface area contributed by atoms with E-state index in [9.17, 15) is 0 Å². The first-order valence-corrected chi connectivity index (χ1v) is 7.87. The van der Waals surface area contributed by atoms with Crippen LogP contribution in [-0.2, 0) is 10.2 Å². The van der Waals surface area contributed by atoms with Crippen molar-refractivity contribution in [3.05, 3.63) is 42.0 Å². The molecule has 0 aliphatic rings. The summed E-state index contributed by atoms with van der Waals surface area (Å²) in [5, 5.41) is 5.75. The molecule has 2 aromatic carbocycles. The number of hydrogen-bond acceptors (Lipinski definition) is 3. The zero-order valence-corrected chi connectivity index (χ0v) is 14.1. The first kappa shape index (κ1) is 16.8. The number of rotatable bonds is 7. The Labute approximate surface area is 133 Å². The van der Waals surface area contributed by atoms with Gasteiger partial charge in [-0.05, 0) is 33.9 Å². The molecule has 0 unspecified atom stereocenters. The van der Waals surface area contributed by atoms with E-state index >= 15 is 0 Å². The molecule has 0 bridgehead atoms. The van der Waals surface area contributed by atoms with Gasteiger partial charge in [-0.25, -0.2) is 0 Å². The van der Waals surface area contributed by atoms with Gasteiger partial charge in [0.25, 0.3) is 0 Å². The maximum Gasteiger partial charge on any atom is 0.120 e. The Balaban J connectivity index is 1.96. The number of ether oxygens (including phenoxy) is 2. The van der Waals surface area contributed by atoms with Gasteiger partial charge in [-0.3, -0.25) is 0 Å². The van der Waals surface area contributed by atoms with Gasteiger partial charge in [0.05, 0.1) is 6.61 Å². The van der Waals surface area contributed by atoms with E-state index in [1.54, 1.807) is 7.11 Å². The Morgan fingerprint density at radius 2 is 1.59 bits per heavy atom. The van der Waals surface area contributed by atoms with Gasteiger partial charge in [0, 0.05) is 20.2 Å². The molecule has 0 aliphatic heterocycles. The fraction of sp³-hybridized carbons (Fsp3) is 0.474. The van der Waals surface area contributed by atoms with Gasteiger partial charge in [-0.15, -0.1) is 0 Å². The lowest BCUT2D eigenvalue weighted by molar-refractivity contribution is 0.197. The van der Waals surface area contributed by atoms with E-state index in [1.165, 1.54) is 16.3 Å². The molecule has 0 radical (unpaired) electrons. The largest absolute Gasteiger partial charge is 0.492 e. The maximum absolute atomic E-state index is 5.79. The molecule has 22 heavy (non-hydrogen) atoms. The third-order valence-corrected chi connectivity index (χ3v) is 3.71. The number of methoxy groups -OCH3 is 1. The molecule has 0 saturated heterocycles. The minimum atomic E-state index is 0.178. The fourth-order valence-corrected chi connectivity index (χ4v) is 2.32. The van der Waals surface area contributed by atoms with Crippen LogP contribution in [0.2, 0.25) is 0 Å². The lowest BCUT2D eigenvalue weighted by atomic mass is 9.86. The van der Waals surface area contributed by atoms with Gasteiger partial charge in [-0.2, -0.15) is 0 Å².